The molecule has 10 nitrogen and oxygen atoms in total. The van der Waals surface area contributed by atoms with Gasteiger partial charge in [0.1, 0.15) is 23.4 Å². The number of carbonyl (C=O) groups excluding carboxylic acids is 1. The normalized spacial score (nSPS) is 35.2. The van der Waals surface area contributed by atoms with Gasteiger partial charge in [0.25, 0.3) is 5.56 Å². The number of hydrogen-bond acceptors (Lipinski definition) is 7. The predicted octanol–water partition coefficient (Wildman–Crippen LogP) is 2.62. The molecule has 5 rings (SSSR count). The molecule has 1 aromatic heterocycles. The highest BCUT2D eigenvalue weighted by molar-refractivity contribution is 5.87. The molecular formula is C26H34N2O8. The van der Waals surface area contributed by atoms with E-state index in [-0.39, 0.29) is 35.3 Å². The number of aromatic carboxylic acids is 1. The number of methoxy groups -OCH3 is 1. The van der Waals surface area contributed by atoms with E-state index in [4.69, 9.17) is 24.1 Å². The van der Waals surface area contributed by atoms with Gasteiger partial charge >= 0.3 is 12.1 Å². The number of epoxide rings is 2. The number of aromatic nitrogens is 1. The first-order chi connectivity index (χ1) is 17.1. The van der Waals surface area contributed by atoms with E-state index in [1.807, 2.05) is 0 Å². The summed E-state index contributed by atoms with van der Waals surface area (Å²) in [5, 5.41) is 9.05. The van der Waals surface area contributed by atoms with Gasteiger partial charge in [-0.3, -0.25) is 4.79 Å². The van der Waals surface area contributed by atoms with Crippen LogP contribution in [0.15, 0.2) is 34.8 Å². The van der Waals surface area contributed by atoms with E-state index in [2.05, 4.69) is 26.8 Å². The molecule has 10 heteroatoms. The molecule has 36 heavy (non-hydrogen) atoms. The lowest BCUT2D eigenvalue weighted by atomic mass is 9.68. The van der Waals surface area contributed by atoms with E-state index in [9.17, 15) is 14.4 Å². The van der Waals surface area contributed by atoms with Crippen molar-refractivity contribution in [2.24, 2.45) is 5.92 Å². The SMILES string of the molecule is CO[C@@H]1[C@H](OC(=O)N2CC(n3ccc(C(=O)O)cc3=O)C2)CC[C@]2(CO2)[C@H]1[C@@]1(C)OC1CC=C(C)C. The predicted molar refractivity (Wildman–Crippen MR) is 128 cm³/mol. The van der Waals surface area contributed by atoms with Gasteiger partial charge in [-0.15, -0.1) is 0 Å². The minimum absolute atomic E-state index is 0.0485. The Labute approximate surface area is 209 Å². The van der Waals surface area contributed by atoms with Crippen LogP contribution in [0.4, 0.5) is 4.79 Å². The highest BCUT2D eigenvalue weighted by atomic mass is 16.6. The summed E-state index contributed by atoms with van der Waals surface area (Å²) < 4.78 is 25.5. The highest BCUT2D eigenvalue weighted by Gasteiger charge is 2.72. The van der Waals surface area contributed by atoms with Crippen LogP contribution in [-0.4, -0.2) is 83.0 Å². The number of carboxylic acid groups (broad SMARTS) is 1. The fraction of sp³-hybridized carbons (Fsp3) is 0.654. The Morgan fingerprint density at radius 2 is 2.03 bits per heavy atom. The molecule has 1 aliphatic carbocycles. The summed E-state index contributed by atoms with van der Waals surface area (Å²) in [4.78, 5) is 37.9. The van der Waals surface area contributed by atoms with Crippen LogP contribution in [0.5, 0.6) is 0 Å². The molecule has 4 aliphatic rings. The molecule has 1 unspecified atom stereocenters. The molecule has 196 valence electrons. The molecule has 1 saturated carbocycles. The average Bonchev–Trinajstić information content (AvgIpc) is 3.70. The summed E-state index contributed by atoms with van der Waals surface area (Å²) in [6.07, 6.45) is 4.74. The Balaban J connectivity index is 1.22. The second kappa shape index (κ2) is 9.00. The van der Waals surface area contributed by atoms with Crippen LogP contribution in [0.1, 0.15) is 56.4 Å². The zero-order valence-electron chi connectivity index (χ0n) is 21.1. The molecular weight excluding hydrogens is 468 g/mol. The van der Waals surface area contributed by atoms with Gasteiger partial charge in [0.15, 0.2) is 0 Å². The van der Waals surface area contributed by atoms with Gasteiger partial charge in [0, 0.05) is 32.5 Å². The van der Waals surface area contributed by atoms with Crippen LogP contribution in [-0.2, 0) is 18.9 Å². The van der Waals surface area contributed by atoms with Gasteiger partial charge in [-0.05, 0) is 46.1 Å². The molecule has 1 N–H and O–H groups in total. The van der Waals surface area contributed by atoms with Crippen molar-refractivity contribution in [3.8, 4) is 0 Å². The molecule has 1 aromatic rings. The van der Waals surface area contributed by atoms with Crippen molar-refractivity contribution in [2.75, 3.05) is 26.8 Å². The third-order valence-corrected chi connectivity index (χ3v) is 8.20. The van der Waals surface area contributed by atoms with Gasteiger partial charge in [-0.1, -0.05) is 11.6 Å². The number of amides is 1. The summed E-state index contributed by atoms with van der Waals surface area (Å²) in [5.41, 5.74) is 0.0929. The van der Waals surface area contributed by atoms with Crippen molar-refractivity contribution >= 4 is 12.1 Å². The number of pyridine rings is 1. The number of carboxylic acids is 1. The molecule has 1 amide bonds. The third kappa shape index (κ3) is 4.35. The Bertz CT molecular complexity index is 1130. The number of allylic oxidation sites excluding steroid dienone is 1. The largest absolute Gasteiger partial charge is 0.478 e. The smallest absolute Gasteiger partial charge is 0.410 e. The summed E-state index contributed by atoms with van der Waals surface area (Å²) in [6.45, 7) is 7.54. The first-order valence-corrected chi connectivity index (χ1v) is 12.5. The van der Waals surface area contributed by atoms with Crippen molar-refractivity contribution in [2.45, 2.75) is 75.6 Å². The van der Waals surface area contributed by atoms with Crippen LogP contribution >= 0.6 is 0 Å². The average molecular weight is 503 g/mol. The van der Waals surface area contributed by atoms with Gasteiger partial charge < -0.3 is 33.5 Å². The summed E-state index contributed by atoms with van der Waals surface area (Å²) in [5.74, 6) is -1.20. The van der Waals surface area contributed by atoms with Crippen LogP contribution in [0.3, 0.4) is 0 Å². The van der Waals surface area contributed by atoms with Crippen molar-refractivity contribution in [3.05, 3.63) is 45.9 Å². The highest BCUT2D eigenvalue weighted by Crippen LogP contribution is 2.59. The van der Waals surface area contributed by atoms with Gasteiger partial charge in [0.05, 0.1) is 30.2 Å². The van der Waals surface area contributed by atoms with E-state index >= 15 is 0 Å². The van der Waals surface area contributed by atoms with Gasteiger partial charge in [0.2, 0.25) is 0 Å². The zero-order valence-corrected chi connectivity index (χ0v) is 21.1. The van der Waals surface area contributed by atoms with Crippen molar-refractivity contribution in [3.63, 3.8) is 0 Å². The Morgan fingerprint density at radius 1 is 1.31 bits per heavy atom. The molecule has 3 saturated heterocycles. The maximum atomic E-state index is 13.0. The fourth-order valence-corrected chi connectivity index (χ4v) is 5.98. The fourth-order valence-electron chi connectivity index (χ4n) is 5.98. The van der Waals surface area contributed by atoms with Crippen LogP contribution in [0.2, 0.25) is 0 Å². The van der Waals surface area contributed by atoms with E-state index in [0.29, 0.717) is 26.1 Å². The lowest BCUT2D eigenvalue weighted by Crippen LogP contribution is -2.58. The van der Waals surface area contributed by atoms with Crippen molar-refractivity contribution in [1.29, 1.82) is 0 Å². The number of hydrogen-bond donors (Lipinski definition) is 1. The number of rotatable bonds is 7. The maximum Gasteiger partial charge on any atom is 0.410 e. The standard InChI is InChI=1S/C26H34N2O8/c1-15(2)5-6-19-25(3,36-19)22-21(33-4)18(7-9-26(22)14-34-26)35-24(32)27-12-17(13-27)28-10-8-16(23(30)31)11-20(28)29/h5,8,10-11,17-19,21-22H,6-7,9,12-14H2,1-4H3,(H,30,31)/t18-,19?,21-,22-,25+,26+/m1/s1. The van der Waals surface area contributed by atoms with Crippen molar-refractivity contribution < 1.29 is 33.6 Å². The minimum atomic E-state index is -1.15. The van der Waals surface area contributed by atoms with E-state index in [1.165, 1.54) is 22.4 Å². The summed E-state index contributed by atoms with van der Waals surface area (Å²) >= 11 is 0. The lowest BCUT2D eigenvalue weighted by molar-refractivity contribution is -0.124. The molecule has 0 aromatic carbocycles. The topological polar surface area (TPSA) is 123 Å². The minimum Gasteiger partial charge on any atom is -0.478 e. The Morgan fingerprint density at radius 3 is 2.61 bits per heavy atom. The first kappa shape index (κ1) is 25.0. The van der Waals surface area contributed by atoms with E-state index in [0.717, 1.165) is 18.9 Å². The number of nitrogens with zero attached hydrogens (tertiary/aromatic N) is 2. The van der Waals surface area contributed by atoms with Crippen LogP contribution < -0.4 is 5.56 Å². The zero-order chi connectivity index (χ0) is 25.8. The molecule has 4 heterocycles. The second-order valence-electron chi connectivity index (χ2n) is 10.8. The lowest BCUT2D eigenvalue weighted by Gasteiger charge is -2.44. The monoisotopic (exact) mass is 502 g/mol. The Kier molecular flexibility index (Phi) is 6.25. The quantitative estimate of drug-likeness (QED) is 0.446. The third-order valence-electron chi connectivity index (χ3n) is 8.20. The summed E-state index contributed by atoms with van der Waals surface area (Å²) in [6, 6.07) is 2.26. The molecule has 0 radical (unpaired) electrons. The van der Waals surface area contributed by atoms with Gasteiger partial charge in [-0.25, -0.2) is 9.59 Å². The van der Waals surface area contributed by atoms with E-state index in [1.54, 1.807) is 12.0 Å². The Hall–Kier alpha value is -2.69. The molecule has 3 aliphatic heterocycles. The van der Waals surface area contributed by atoms with Gasteiger partial charge in [-0.2, -0.15) is 0 Å². The number of carbonyl (C=O) groups is 2. The molecule has 0 bridgehead atoms. The van der Waals surface area contributed by atoms with Crippen molar-refractivity contribution in [1.82, 2.24) is 9.47 Å². The van der Waals surface area contributed by atoms with Crippen LogP contribution in [0, 0.1) is 5.92 Å². The molecule has 1 spiro atoms. The van der Waals surface area contributed by atoms with E-state index < -0.39 is 29.3 Å². The maximum absolute atomic E-state index is 13.0. The number of likely N-dealkylation sites (tertiary alicyclic amines) is 1. The first-order valence-electron chi connectivity index (χ1n) is 12.5. The molecule has 6 atom stereocenters. The molecule has 4 fully saturated rings. The summed E-state index contributed by atoms with van der Waals surface area (Å²) in [7, 11) is 1.64. The van der Waals surface area contributed by atoms with Crippen LogP contribution in [0.25, 0.3) is 0 Å². The number of ether oxygens (including phenoxy) is 4. The second-order valence-corrected chi connectivity index (χ2v) is 10.8.